The average Bonchev–Trinajstić information content (AvgIpc) is 2.76. The first-order chi connectivity index (χ1) is 8.66. The molecule has 0 amide bonds. The molecule has 1 aromatic heterocycles. The number of hydrogen-bond acceptors (Lipinski definition) is 3. The van der Waals surface area contributed by atoms with E-state index in [0.29, 0.717) is 11.8 Å². The Morgan fingerprint density at radius 1 is 1.33 bits per heavy atom. The van der Waals surface area contributed by atoms with Crippen LogP contribution in [0.5, 0.6) is 0 Å². The Morgan fingerprint density at radius 2 is 2.17 bits per heavy atom. The molecule has 1 aliphatic heterocycles. The number of nitrogens with two attached hydrogens (primary N) is 1. The van der Waals surface area contributed by atoms with Gasteiger partial charge in [-0.1, -0.05) is 10.6 Å². The first-order valence-electron chi connectivity index (χ1n) is 5.93. The Morgan fingerprint density at radius 3 is 2.89 bits per heavy atom. The molecule has 0 fully saturated rings. The van der Waals surface area contributed by atoms with E-state index in [9.17, 15) is 4.57 Å². The second-order valence-corrected chi connectivity index (χ2v) is 6.32. The molecule has 0 bridgehead atoms. The van der Waals surface area contributed by atoms with Crippen LogP contribution in [0.4, 0.5) is 5.69 Å². The summed E-state index contributed by atoms with van der Waals surface area (Å²) in [5.74, 6) is 0. The van der Waals surface area contributed by atoms with Crippen molar-refractivity contribution in [2.45, 2.75) is 12.6 Å². The lowest BCUT2D eigenvalue weighted by Gasteiger charge is -2.09. The number of nitrogens with zero attached hydrogens (tertiary/aromatic N) is 1. The van der Waals surface area contributed by atoms with E-state index >= 15 is 0 Å². The standard InChI is InChI=1S/C14H14N2OP/c1-9-4-5-10-12(16-9)7-6-11(15)14(10)13-3-2-8-18(13)17/h2-7,13H,8,15H2,1H3/q+1. The van der Waals surface area contributed by atoms with Crippen molar-refractivity contribution in [2.24, 2.45) is 0 Å². The van der Waals surface area contributed by atoms with Crippen molar-refractivity contribution in [3.63, 3.8) is 0 Å². The molecule has 0 saturated carbocycles. The van der Waals surface area contributed by atoms with Gasteiger partial charge in [-0.15, -0.1) is 0 Å². The lowest BCUT2D eigenvalue weighted by molar-refractivity contribution is 0.587. The molecule has 0 saturated heterocycles. The molecule has 1 aromatic carbocycles. The zero-order valence-corrected chi connectivity index (χ0v) is 11.0. The van der Waals surface area contributed by atoms with Crippen LogP contribution in [0.1, 0.15) is 16.9 Å². The molecule has 0 radical (unpaired) electrons. The number of aromatic nitrogens is 1. The highest BCUT2D eigenvalue weighted by Crippen LogP contribution is 2.49. The molecule has 18 heavy (non-hydrogen) atoms. The summed E-state index contributed by atoms with van der Waals surface area (Å²) in [6.45, 7) is 1.96. The van der Waals surface area contributed by atoms with Crippen molar-refractivity contribution in [1.82, 2.24) is 4.98 Å². The summed E-state index contributed by atoms with van der Waals surface area (Å²) in [4.78, 5) is 4.50. The van der Waals surface area contributed by atoms with Gasteiger partial charge in [0.1, 0.15) is 0 Å². The van der Waals surface area contributed by atoms with Gasteiger partial charge in [-0.05, 0) is 37.3 Å². The number of rotatable bonds is 1. The number of nitrogen functional groups attached to an aromatic ring is 1. The third kappa shape index (κ3) is 1.72. The molecule has 3 nitrogen and oxygen atoms in total. The Labute approximate surface area is 107 Å². The maximum absolute atomic E-state index is 12.0. The Kier molecular flexibility index (Phi) is 2.64. The highest BCUT2D eigenvalue weighted by atomic mass is 31.1. The fourth-order valence-corrected chi connectivity index (χ4v) is 3.87. The van der Waals surface area contributed by atoms with Crippen molar-refractivity contribution in [2.75, 3.05) is 11.9 Å². The molecule has 2 unspecified atom stereocenters. The average molecular weight is 257 g/mol. The van der Waals surface area contributed by atoms with Gasteiger partial charge in [-0.25, -0.2) is 0 Å². The van der Waals surface area contributed by atoms with Crippen LogP contribution in [-0.2, 0) is 4.57 Å². The summed E-state index contributed by atoms with van der Waals surface area (Å²) in [6.07, 6.45) is 4.63. The number of allylic oxidation sites excluding steroid dienone is 2. The summed E-state index contributed by atoms with van der Waals surface area (Å²) in [6, 6.07) is 7.78. The summed E-state index contributed by atoms with van der Waals surface area (Å²) < 4.78 is 12.0. The van der Waals surface area contributed by atoms with E-state index in [2.05, 4.69) is 4.98 Å². The topological polar surface area (TPSA) is 56.0 Å². The Balaban J connectivity index is 2.29. The number of benzene rings is 1. The van der Waals surface area contributed by atoms with Gasteiger partial charge in [0.25, 0.3) is 0 Å². The fourth-order valence-electron chi connectivity index (χ4n) is 2.42. The lowest BCUT2D eigenvalue weighted by Crippen LogP contribution is -1.99. The zero-order chi connectivity index (χ0) is 12.7. The van der Waals surface area contributed by atoms with Crippen molar-refractivity contribution >= 4 is 24.4 Å². The van der Waals surface area contributed by atoms with Gasteiger partial charge in [0.15, 0.2) is 6.16 Å². The molecular formula is C14H14N2OP+. The molecule has 2 atom stereocenters. The quantitative estimate of drug-likeness (QED) is 0.482. The molecule has 3 rings (SSSR count). The summed E-state index contributed by atoms with van der Waals surface area (Å²) in [5.41, 5.74) is 9.58. The van der Waals surface area contributed by atoms with Crippen LogP contribution >= 0.6 is 7.80 Å². The lowest BCUT2D eigenvalue weighted by atomic mass is 10.0. The van der Waals surface area contributed by atoms with Crippen molar-refractivity contribution < 1.29 is 4.57 Å². The minimum Gasteiger partial charge on any atom is -0.398 e. The number of hydrogen-bond donors (Lipinski definition) is 1. The van der Waals surface area contributed by atoms with Crippen molar-refractivity contribution in [3.8, 4) is 0 Å². The SMILES string of the molecule is Cc1ccc2c(C3C=CC[P+]3=O)c(N)ccc2n1. The predicted octanol–water partition coefficient (Wildman–Crippen LogP) is 3.56. The molecule has 1 aliphatic rings. The van der Waals surface area contributed by atoms with Crippen molar-refractivity contribution in [3.05, 3.63) is 47.7 Å². The van der Waals surface area contributed by atoms with Gasteiger partial charge in [0.2, 0.25) is 5.66 Å². The summed E-state index contributed by atoms with van der Waals surface area (Å²) >= 11 is 0. The van der Waals surface area contributed by atoms with E-state index in [1.807, 2.05) is 43.3 Å². The number of fused-ring (bicyclic) bond motifs is 1. The zero-order valence-electron chi connectivity index (χ0n) is 10.1. The smallest absolute Gasteiger partial charge is 0.354 e. The van der Waals surface area contributed by atoms with Crippen LogP contribution in [0, 0.1) is 6.92 Å². The first-order valence-corrected chi connectivity index (χ1v) is 7.44. The van der Waals surface area contributed by atoms with Gasteiger partial charge in [0.05, 0.1) is 5.52 Å². The molecule has 0 spiro atoms. The molecule has 2 N–H and O–H groups in total. The van der Waals surface area contributed by atoms with E-state index in [-0.39, 0.29) is 5.66 Å². The van der Waals surface area contributed by atoms with Gasteiger partial charge >= 0.3 is 7.80 Å². The molecular weight excluding hydrogens is 243 g/mol. The van der Waals surface area contributed by atoms with E-state index < -0.39 is 7.80 Å². The number of pyridine rings is 1. The Hall–Kier alpha value is -1.73. The third-order valence-corrected chi connectivity index (χ3v) is 4.92. The van der Waals surface area contributed by atoms with Crippen LogP contribution in [0.3, 0.4) is 0 Å². The first kappa shape index (κ1) is 11.4. The van der Waals surface area contributed by atoms with Gasteiger partial charge < -0.3 is 5.73 Å². The maximum Gasteiger partial charge on any atom is 0.354 e. The van der Waals surface area contributed by atoms with E-state index in [1.54, 1.807) is 0 Å². The molecule has 90 valence electrons. The van der Waals surface area contributed by atoms with Crippen LogP contribution < -0.4 is 5.73 Å². The third-order valence-electron chi connectivity index (χ3n) is 3.30. The highest BCUT2D eigenvalue weighted by molar-refractivity contribution is 7.46. The van der Waals surface area contributed by atoms with Gasteiger partial charge in [-0.3, -0.25) is 4.98 Å². The van der Waals surface area contributed by atoms with Crippen molar-refractivity contribution in [1.29, 1.82) is 0 Å². The van der Waals surface area contributed by atoms with Crippen LogP contribution in [-0.4, -0.2) is 11.1 Å². The molecule has 2 aromatic rings. The fraction of sp³-hybridized carbons (Fsp3) is 0.214. The highest BCUT2D eigenvalue weighted by Gasteiger charge is 2.35. The Bertz CT molecular complexity index is 679. The van der Waals surface area contributed by atoms with Crippen LogP contribution in [0.25, 0.3) is 10.9 Å². The molecule has 4 heteroatoms. The van der Waals surface area contributed by atoms with Gasteiger partial charge in [0, 0.05) is 22.3 Å². The van der Waals surface area contributed by atoms with Crippen LogP contribution in [0.15, 0.2) is 36.4 Å². The molecule has 0 aliphatic carbocycles. The van der Waals surface area contributed by atoms with Crippen LogP contribution in [0.2, 0.25) is 0 Å². The normalized spacial score (nSPS) is 20.7. The summed E-state index contributed by atoms with van der Waals surface area (Å²) in [5, 5.41) is 1.01. The van der Waals surface area contributed by atoms with E-state index in [4.69, 9.17) is 5.73 Å². The second kappa shape index (κ2) is 4.18. The number of aryl methyl sites for hydroxylation is 1. The minimum atomic E-state index is -1.27. The molecule has 2 heterocycles. The second-order valence-electron chi connectivity index (χ2n) is 4.56. The summed E-state index contributed by atoms with van der Waals surface area (Å²) in [7, 11) is -1.27. The largest absolute Gasteiger partial charge is 0.398 e. The van der Waals surface area contributed by atoms with E-state index in [0.717, 1.165) is 22.2 Å². The number of anilines is 1. The monoisotopic (exact) mass is 257 g/mol. The predicted molar refractivity (Wildman–Crippen MR) is 75.2 cm³/mol. The minimum absolute atomic E-state index is 0.0618. The van der Waals surface area contributed by atoms with Gasteiger partial charge in [-0.2, -0.15) is 0 Å². The maximum atomic E-state index is 12.0. The van der Waals surface area contributed by atoms with E-state index in [1.165, 1.54) is 0 Å².